The maximum atomic E-state index is 11.3. The van der Waals surface area contributed by atoms with Crippen LogP contribution in [0.5, 0.6) is 0 Å². The molecule has 1 fully saturated rings. The van der Waals surface area contributed by atoms with Crippen LogP contribution in [0.25, 0.3) is 0 Å². The normalized spacial score (nSPS) is 32.0. The van der Waals surface area contributed by atoms with Gasteiger partial charge in [0.15, 0.2) is 6.10 Å². The Morgan fingerprint density at radius 2 is 1.81 bits per heavy atom. The van der Waals surface area contributed by atoms with Gasteiger partial charge >= 0.3 is 11.9 Å². The van der Waals surface area contributed by atoms with Gasteiger partial charge in [0, 0.05) is 26.2 Å². The van der Waals surface area contributed by atoms with E-state index in [4.69, 9.17) is 19.5 Å². The van der Waals surface area contributed by atoms with Crippen molar-refractivity contribution >= 4 is 11.9 Å². The van der Waals surface area contributed by atoms with Gasteiger partial charge in [-0.25, -0.2) is 0 Å². The highest BCUT2D eigenvalue weighted by Gasteiger charge is 2.47. The van der Waals surface area contributed by atoms with Gasteiger partial charge in [0.25, 0.3) is 0 Å². The molecule has 0 aromatic heterocycles. The highest BCUT2D eigenvalue weighted by molar-refractivity contribution is 5.67. The number of nitrogens with zero attached hydrogens (tertiary/aromatic N) is 1. The number of hydrogen-bond donors (Lipinski definition) is 1. The molecule has 1 aliphatic rings. The Bertz CT molecular complexity index is 418. The lowest BCUT2D eigenvalue weighted by atomic mass is 9.85. The van der Waals surface area contributed by atoms with Crippen molar-refractivity contribution < 1.29 is 28.9 Å². The molecular formula is C14H21NO6. The summed E-state index contributed by atoms with van der Waals surface area (Å²) in [5.74, 6) is -1.58. The molecule has 0 saturated carbocycles. The lowest BCUT2D eigenvalue weighted by Gasteiger charge is -2.44. The molecule has 0 amide bonds. The van der Waals surface area contributed by atoms with E-state index in [0.717, 1.165) is 0 Å². The zero-order chi connectivity index (χ0) is 16.0. The first-order valence-electron chi connectivity index (χ1n) is 6.88. The molecule has 0 aromatic carbocycles. The molecule has 0 radical (unpaired) electrons. The lowest BCUT2D eigenvalue weighted by molar-refractivity contribution is -0.227. The molecule has 118 valence electrons. The van der Waals surface area contributed by atoms with Crippen molar-refractivity contribution in [2.45, 2.75) is 58.0 Å². The number of esters is 2. The Morgan fingerprint density at radius 1 is 1.24 bits per heavy atom. The van der Waals surface area contributed by atoms with Crippen molar-refractivity contribution in [3.05, 3.63) is 0 Å². The Balaban J connectivity index is 2.98. The van der Waals surface area contributed by atoms with E-state index in [1.807, 2.05) is 6.07 Å². The predicted octanol–water partition coefficient (Wildman–Crippen LogP) is 0.549. The summed E-state index contributed by atoms with van der Waals surface area (Å²) in [7, 11) is 0. The summed E-state index contributed by atoms with van der Waals surface area (Å²) in [6.07, 6.45) is -1.81. The number of carbonyl (C=O) groups is 2. The third-order valence-corrected chi connectivity index (χ3v) is 3.43. The summed E-state index contributed by atoms with van der Waals surface area (Å²) in [4.78, 5) is 22.5. The van der Waals surface area contributed by atoms with Crippen molar-refractivity contribution in [2.24, 2.45) is 5.92 Å². The number of hydrogen-bond acceptors (Lipinski definition) is 7. The predicted molar refractivity (Wildman–Crippen MR) is 70.9 cm³/mol. The van der Waals surface area contributed by atoms with Crippen LogP contribution < -0.4 is 0 Å². The number of nitriles is 1. The largest absolute Gasteiger partial charge is 0.458 e. The molecule has 1 N–H and O–H groups in total. The fraction of sp³-hybridized carbons (Fsp3) is 0.786. The van der Waals surface area contributed by atoms with E-state index in [1.165, 1.54) is 13.8 Å². The Morgan fingerprint density at radius 3 is 2.29 bits per heavy atom. The van der Waals surface area contributed by atoms with Gasteiger partial charge in [-0.1, -0.05) is 0 Å². The van der Waals surface area contributed by atoms with Gasteiger partial charge < -0.3 is 19.3 Å². The monoisotopic (exact) mass is 299 g/mol. The lowest BCUT2D eigenvalue weighted by Crippen LogP contribution is -2.57. The van der Waals surface area contributed by atoms with Crippen molar-refractivity contribution in [1.29, 1.82) is 5.26 Å². The first-order valence-corrected chi connectivity index (χ1v) is 6.88. The number of ether oxygens (including phenoxy) is 3. The maximum Gasteiger partial charge on any atom is 0.303 e. The van der Waals surface area contributed by atoms with Gasteiger partial charge in [0.05, 0.1) is 24.9 Å². The molecule has 1 rings (SSSR count). The summed E-state index contributed by atoms with van der Waals surface area (Å²) in [5, 5.41) is 18.3. The van der Waals surface area contributed by atoms with Crippen molar-refractivity contribution in [2.75, 3.05) is 6.61 Å². The molecule has 5 atom stereocenters. The molecule has 1 aliphatic heterocycles. The minimum Gasteiger partial charge on any atom is -0.458 e. The first-order chi connectivity index (χ1) is 9.90. The van der Waals surface area contributed by atoms with Crippen LogP contribution in [-0.4, -0.2) is 48.1 Å². The van der Waals surface area contributed by atoms with Crippen LogP contribution in [0, 0.1) is 17.2 Å². The molecule has 21 heavy (non-hydrogen) atoms. The Kier molecular flexibility index (Phi) is 6.59. The Hall–Kier alpha value is -1.65. The smallest absolute Gasteiger partial charge is 0.303 e. The fourth-order valence-corrected chi connectivity index (χ4v) is 2.59. The molecule has 1 heterocycles. The summed E-state index contributed by atoms with van der Waals surface area (Å²) in [6, 6.07) is 2.02. The maximum absolute atomic E-state index is 11.3. The number of rotatable bonds is 5. The van der Waals surface area contributed by atoms with Crippen LogP contribution in [0.4, 0.5) is 0 Å². The molecule has 7 heteroatoms. The number of carbonyl (C=O) groups excluding carboxylic acids is 2. The minimum absolute atomic E-state index is 0.263. The summed E-state index contributed by atoms with van der Waals surface area (Å²) < 4.78 is 16.2. The van der Waals surface area contributed by atoms with E-state index in [-0.39, 0.29) is 13.0 Å². The van der Waals surface area contributed by atoms with E-state index in [1.54, 1.807) is 6.92 Å². The highest BCUT2D eigenvalue weighted by Crippen LogP contribution is 2.32. The van der Waals surface area contributed by atoms with Crippen LogP contribution in [0.2, 0.25) is 0 Å². The van der Waals surface area contributed by atoms with E-state index in [9.17, 15) is 14.7 Å². The van der Waals surface area contributed by atoms with Gasteiger partial charge in [-0.3, -0.25) is 9.59 Å². The molecule has 0 aliphatic carbocycles. The molecule has 0 aromatic rings. The topological polar surface area (TPSA) is 106 Å². The second-order valence-electron chi connectivity index (χ2n) is 5.07. The average molecular weight is 299 g/mol. The van der Waals surface area contributed by atoms with E-state index < -0.39 is 42.3 Å². The molecule has 0 spiro atoms. The van der Waals surface area contributed by atoms with Crippen LogP contribution >= 0.6 is 0 Å². The minimum atomic E-state index is -0.788. The quantitative estimate of drug-likeness (QED) is 0.739. The second kappa shape index (κ2) is 7.96. The van der Waals surface area contributed by atoms with Gasteiger partial charge in [-0.05, 0) is 13.3 Å². The highest BCUT2D eigenvalue weighted by atomic mass is 16.6. The molecule has 0 unspecified atom stereocenters. The summed E-state index contributed by atoms with van der Waals surface area (Å²) >= 11 is 0. The zero-order valence-corrected chi connectivity index (χ0v) is 12.4. The van der Waals surface area contributed by atoms with Crippen LogP contribution in [0.3, 0.4) is 0 Å². The summed E-state index contributed by atoms with van der Waals surface area (Å²) in [6.45, 7) is 3.92. The number of aliphatic hydroxyl groups is 1. The fourth-order valence-electron chi connectivity index (χ4n) is 2.59. The second-order valence-corrected chi connectivity index (χ2v) is 5.07. The molecule has 1 saturated heterocycles. The van der Waals surface area contributed by atoms with Gasteiger partial charge in [0.1, 0.15) is 6.10 Å². The van der Waals surface area contributed by atoms with Crippen LogP contribution in [0.1, 0.15) is 33.6 Å². The van der Waals surface area contributed by atoms with Gasteiger partial charge in [-0.15, -0.1) is 0 Å². The van der Waals surface area contributed by atoms with Crippen molar-refractivity contribution in [3.63, 3.8) is 0 Å². The van der Waals surface area contributed by atoms with Crippen molar-refractivity contribution in [1.82, 2.24) is 0 Å². The average Bonchev–Trinajstić information content (AvgIpc) is 2.39. The Labute approximate surface area is 123 Å². The van der Waals surface area contributed by atoms with E-state index in [0.29, 0.717) is 6.42 Å². The number of aliphatic hydroxyl groups excluding tert-OH is 1. The van der Waals surface area contributed by atoms with E-state index >= 15 is 0 Å². The van der Waals surface area contributed by atoms with Gasteiger partial charge in [-0.2, -0.15) is 5.26 Å². The summed E-state index contributed by atoms with van der Waals surface area (Å²) in [5.41, 5.74) is 0. The van der Waals surface area contributed by atoms with E-state index in [2.05, 4.69) is 0 Å². The molecular weight excluding hydrogens is 278 g/mol. The van der Waals surface area contributed by atoms with Gasteiger partial charge in [0.2, 0.25) is 0 Å². The van der Waals surface area contributed by atoms with Crippen LogP contribution in [0.15, 0.2) is 0 Å². The first kappa shape index (κ1) is 17.4. The molecule has 7 nitrogen and oxygen atoms in total. The standard InChI is InChI=1S/C14H21NO6/c1-8-13(20-9(2)17)14(21-10(3)18)11(7-16)12(19-8)5-4-6-15/h8,11-14,16H,4-5,7H2,1-3H3/t8-,11-,12-,13-,14-/m0/s1. The SMILES string of the molecule is CC(=O)O[C@@H]1[C@@H](OC(C)=O)[C@@H](CO)[C@H](CCC#N)O[C@H]1C. The van der Waals surface area contributed by atoms with Crippen LogP contribution in [-0.2, 0) is 23.8 Å². The molecule has 0 bridgehead atoms. The third kappa shape index (κ3) is 4.69. The van der Waals surface area contributed by atoms with Crippen molar-refractivity contribution in [3.8, 4) is 6.07 Å². The third-order valence-electron chi connectivity index (χ3n) is 3.43. The zero-order valence-electron chi connectivity index (χ0n) is 12.4.